The number of hydrogen-bond acceptors (Lipinski definition) is 6. The van der Waals surface area contributed by atoms with E-state index in [1.54, 1.807) is 13.8 Å². The smallest absolute Gasteiger partial charge is 0.190 e. The largest absolute Gasteiger partial charge is 0.387 e. The second-order valence-corrected chi connectivity index (χ2v) is 5.93. The van der Waals surface area contributed by atoms with Gasteiger partial charge in [-0.05, 0) is 27.7 Å². The predicted octanol–water partition coefficient (Wildman–Crippen LogP) is 0.375. The minimum Gasteiger partial charge on any atom is -0.387 e. The molecule has 0 radical (unpaired) electrons. The molecule has 1 N–H and O–H groups in total. The molecule has 104 valence electrons. The van der Waals surface area contributed by atoms with Crippen LogP contribution in [0.1, 0.15) is 27.7 Å². The van der Waals surface area contributed by atoms with Crippen molar-refractivity contribution < 1.29 is 28.8 Å². The predicted molar refractivity (Wildman–Crippen MR) is 59.6 cm³/mol. The van der Waals surface area contributed by atoms with E-state index in [0.29, 0.717) is 6.61 Å². The molecule has 6 nitrogen and oxygen atoms in total. The van der Waals surface area contributed by atoms with Gasteiger partial charge in [0.1, 0.15) is 24.4 Å². The van der Waals surface area contributed by atoms with Crippen LogP contribution in [0.3, 0.4) is 0 Å². The quantitative estimate of drug-likeness (QED) is 0.735. The molecular weight excluding hydrogens is 240 g/mol. The standard InChI is InChI=1S/C12H20O6/c1-11(2)14-5-6(16-11)8-7(13)9-10(15-8)18-12(3,4)17-9/h6-10,13H,5H2,1-4H3/t6-,7-,8-,9+,10+/m0/s1. The topological polar surface area (TPSA) is 66.4 Å². The molecule has 3 heterocycles. The van der Waals surface area contributed by atoms with Crippen molar-refractivity contribution in [3.63, 3.8) is 0 Å². The Bertz CT molecular complexity index is 341. The summed E-state index contributed by atoms with van der Waals surface area (Å²) in [5.74, 6) is -1.35. The average Bonchev–Trinajstić information content (AvgIpc) is 2.81. The van der Waals surface area contributed by atoms with Gasteiger partial charge in [0.25, 0.3) is 0 Å². The molecule has 6 heteroatoms. The first-order valence-corrected chi connectivity index (χ1v) is 6.28. The van der Waals surface area contributed by atoms with Gasteiger partial charge in [0.15, 0.2) is 17.9 Å². The Kier molecular flexibility index (Phi) is 2.75. The van der Waals surface area contributed by atoms with E-state index in [0.717, 1.165) is 0 Å². The summed E-state index contributed by atoms with van der Waals surface area (Å²) >= 11 is 0. The van der Waals surface area contributed by atoms with Gasteiger partial charge < -0.3 is 28.8 Å². The molecule has 3 fully saturated rings. The summed E-state index contributed by atoms with van der Waals surface area (Å²) in [5.41, 5.74) is 0. The summed E-state index contributed by atoms with van der Waals surface area (Å²) in [6.07, 6.45) is -2.53. The van der Waals surface area contributed by atoms with Gasteiger partial charge in [0, 0.05) is 0 Å². The molecule has 0 saturated carbocycles. The maximum absolute atomic E-state index is 10.3. The van der Waals surface area contributed by atoms with Crippen LogP contribution in [-0.4, -0.2) is 54.0 Å². The molecule has 0 bridgehead atoms. The maximum atomic E-state index is 10.3. The number of rotatable bonds is 1. The van der Waals surface area contributed by atoms with Gasteiger partial charge in [0.05, 0.1) is 6.61 Å². The monoisotopic (exact) mass is 260 g/mol. The van der Waals surface area contributed by atoms with Crippen LogP contribution in [0.5, 0.6) is 0 Å². The van der Waals surface area contributed by atoms with Crippen LogP contribution in [0, 0.1) is 0 Å². The highest BCUT2D eigenvalue weighted by molar-refractivity contribution is 4.97. The van der Waals surface area contributed by atoms with Crippen LogP contribution in [0.25, 0.3) is 0 Å². The lowest BCUT2D eigenvalue weighted by Crippen LogP contribution is -2.42. The van der Waals surface area contributed by atoms with E-state index in [1.807, 2.05) is 13.8 Å². The Morgan fingerprint density at radius 3 is 2.22 bits per heavy atom. The molecule has 3 saturated heterocycles. The summed E-state index contributed by atoms with van der Waals surface area (Å²) in [7, 11) is 0. The fraction of sp³-hybridized carbons (Fsp3) is 1.00. The van der Waals surface area contributed by atoms with Crippen LogP contribution >= 0.6 is 0 Å². The normalized spacial score (nSPS) is 49.5. The van der Waals surface area contributed by atoms with Gasteiger partial charge in [-0.3, -0.25) is 0 Å². The first-order valence-electron chi connectivity index (χ1n) is 6.28. The average molecular weight is 260 g/mol. The van der Waals surface area contributed by atoms with Gasteiger partial charge in [-0.1, -0.05) is 0 Å². The van der Waals surface area contributed by atoms with Gasteiger partial charge in [-0.2, -0.15) is 0 Å². The molecular formula is C12H20O6. The van der Waals surface area contributed by atoms with Crippen LogP contribution in [0.2, 0.25) is 0 Å². The van der Waals surface area contributed by atoms with Crippen molar-refractivity contribution in [1.29, 1.82) is 0 Å². The van der Waals surface area contributed by atoms with Crippen molar-refractivity contribution in [1.82, 2.24) is 0 Å². The molecule has 0 spiro atoms. The fourth-order valence-corrected chi connectivity index (χ4v) is 2.70. The van der Waals surface area contributed by atoms with Crippen molar-refractivity contribution in [2.75, 3.05) is 6.61 Å². The van der Waals surface area contributed by atoms with Crippen LogP contribution < -0.4 is 0 Å². The highest BCUT2D eigenvalue weighted by atomic mass is 16.8. The molecule has 0 aromatic carbocycles. The Balaban J connectivity index is 1.68. The van der Waals surface area contributed by atoms with Gasteiger partial charge in [-0.15, -0.1) is 0 Å². The first-order chi connectivity index (χ1) is 8.27. The summed E-state index contributed by atoms with van der Waals surface area (Å²) in [6.45, 7) is 7.68. The van der Waals surface area contributed by atoms with E-state index in [2.05, 4.69) is 0 Å². The lowest BCUT2D eigenvalue weighted by atomic mass is 10.1. The van der Waals surface area contributed by atoms with E-state index in [1.165, 1.54) is 0 Å². The zero-order chi connectivity index (χ0) is 13.1. The van der Waals surface area contributed by atoms with E-state index in [4.69, 9.17) is 23.7 Å². The molecule has 0 aromatic rings. The lowest BCUT2D eigenvalue weighted by Gasteiger charge is -2.26. The number of hydrogen-bond donors (Lipinski definition) is 1. The third kappa shape index (κ3) is 2.07. The minimum atomic E-state index is -0.765. The van der Waals surface area contributed by atoms with Gasteiger partial charge in [-0.25, -0.2) is 0 Å². The molecule has 3 rings (SSSR count). The second-order valence-electron chi connectivity index (χ2n) is 5.93. The lowest BCUT2D eigenvalue weighted by molar-refractivity contribution is -0.232. The van der Waals surface area contributed by atoms with E-state index in [-0.39, 0.29) is 6.10 Å². The Labute approximate surface area is 106 Å². The molecule has 18 heavy (non-hydrogen) atoms. The van der Waals surface area contributed by atoms with Crippen LogP contribution in [-0.2, 0) is 23.7 Å². The van der Waals surface area contributed by atoms with Crippen molar-refractivity contribution >= 4 is 0 Å². The third-order valence-corrected chi connectivity index (χ3v) is 3.45. The highest BCUT2D eigenvalue weighted by Crippen LogP contribution is 2.40. The molecule has 3 aliphatic rings. The van der Waals surface area contributed by atoms with Crippen molar-refractivity contribution in [3.8, 4) is 0 Å². The fourth-order valence-electron chi connectivity index (χ4n) is 2.70. The number of ether oxygens (including phenoxy) is 5. The molecule has 0 aromatic heterocycles. The van der Waals surface area contributed by atoms with Crippen molar-refractivity contribution in [2.24, 2.45) is 0 Å². The minimum absolute atomic E-state index is 0.295. The van der Waals surface area contributed by atoms with Gasteiger partial charge >= 0.3 is 0 Å². The maximum Gasteiger partial charge on any atom is 0.190 e. The number of aliphatic hydroxyl groups excluding tert-OH is 1. The van der Waals surface area contributed by atoms with E-state index >= 15 is 0 Å². The summed E-state index contributed by atoms with van der Waals surface area (Å²) in [6, 6.07) is 0. The number of aliphatic hydroxyl groups is 1. The highest BCUT2D eigenvalue weighted by Gasteiger charge is 2.57. The van der Waals surface area contributed by atoms with Crippen LogP contribution in [0.4, 0.5) is 0 Å². The second kappa shape index (κ2) is 3.88. The molecule has 0 unspecified atom stereocenters. The number of fused-ring (bicyclic) bond motifs is 1. The van der Waals surface area contributed by atoms with Gasteiger partial charge in [0.2, 0.25) is 0 Å². The Morgan fingerprint density at radius 1 is 0.944 bits per heavy atom. The molecule has 0 amide bonds. The first kappa shape index (κ1) is 12.8. The molecule has 5 atom stereocenters. The van der Waals surface area contributed by atoms with E-state index in [9.17, 15) is 5.11 Å². The van der Waals surface area contributed by atoms with Crippen LogP contribution in [0.15, 0.2) is 0 Å². The van der Waals surface area contributed by atoms with Crippen molar-refractivity contribution in [2.45, 2.75) is 70.0 Å². The molecule has 3 aliphatic heterocycles. The zero-order valence-corrected chi connectivity index (χ0v) is 11.1. The zero-order valence-electron chi connectivity index (χ0n) is 11.1. The van der Waals surface area contributed by atoms with Crippen molar-refractivity contribution in [3.05, 3.63) is 0 Å². The SMILES string of the molecule is CC1(C)O[C@H]2O[C@@H]([C@@H]3COC(C)(C)O3)[C@H](O)[C@H]2O1. The summed E-state index contributed by atoms with van der Waals surface area (Å²) in [5, 5.41) is 10.3. The van der Waals surface area contributed by atoms with E-state index < -0.39 is 36.2 Å². The Hall–Kier alpha value is -0.240. The third-order valence-electron chi connectivity index (χ3n) is 3.45. The summed E-state index contributed by atoms with van der Waals surface area (Å²) in [4.78, 5) is 0. The summed E-state index contributed by atoms with van der Waals surface area (Å²) < 4.78 is 28.1. The Morgan fingerprint density at radius 2 is 1.67 bits per heavy atom. The molecule has 0 aliphatic carbocycles.